The number of hydrogen-bond donors (Lipinski definition) is 1. The molecule has 2 aliphatic heterocycles. The lowest BCUT2D eigenvalue weighted by Crippen LogP contribution is -2.52. The average molecular weight is 290 g/mol. The van der Waals surface area contributed by atoms with Crippen molar-refractivity contribution < 1.29 is 4.92 Å². The van der Waals surface area contributed by atoms with E-state index in [0.29, 0.717) is 23.8 Å². The van der Waals surface area contributed by atoms with Crippen LogP contribution in [0, 0.1) is 17.0 Å². The molecule has 2 fully saturated rings. The van der Waals surface area contributed by atoms with Gasteiger partial charge in [0.2, 0.25) is 0 Å². The van der Waals surface area contributed by atoms with Gasteiger partial charge in [0.05, 0.1) is 4.92 Å². The van der Waals surface area contributed by atoms with Crippen molar-refractivity contribution in [2.45, 2.75) is 57.2 Å². The Kier molecular flexibility index (Phi) is 3.80. The number of nitrogens with zero attached hydrogens (tertiary/aromatic N) is 3. The van der Waals surface area contributed by atoms with Crippen molar-refractivity contribution in [3.8, 4) is 0 Å². The summed E-state index contributed by atoms with van der Waals surface area (Å²) in [5, 5.41) is 14.3. The van der Waals surface area contributed by atoms with Gasteiger partial charge in [-0.1, -0.05) is 6.42 Å². The summed E-state index contributed by atoms with van der Waals surface area (Å²) in [5.74, 6) is 0.755. The standard InChI is InChI=1S/C15H22N4O2/c1-10-14(19(20)21)6-7-15(16-10)17-11-8-12-4-3-5-13(9-11)18(12)2/h6-7,11-13H,3-5,8-9H2,1-2H3,(H,16,17). The smallest absolute Gasteiger partial charge is 0.290 e. The van der Waals surface area contributed by atoms with Crippen molar-refractivity contribution in [1.29, 1.82) is 0 Å². The predicted molar refractivity (Wildman–Crippen MR) is 81.5 cm³/mol. The van der Waals surface area contributed by atoms with Gasteiger partial charge < -0.3 is 10.2 Å². The lowest BCUT2D eigenvalue weighted by Gasteiger charge is -2.47. The van der Waals surface area contributed by atoms with Crippen LogP contribution in [0.3, 0.4) is 0 Å². The van der Waals surface area contributed by atoms with Gasteiger partial charge in [0.1, 0.15) is 11.5 Å². The Morgan fingerprint density at radius 3 is 2.57 bits per heavy atom. The second kappa shape index (κ2) is 5.60. The molecule has 6 heteroatoms. The molecule has 6 nitrogen and oxygen atoms in total. The molecule has 3 rings (SSSR count). The van der Waals surface area contributed by atoms with E-state index in [1.165, 1.54) is 19.3 Å². The minimum absolute atomic E-state index is 0.0841. The third-order valence-electron chi connectivity index (χ3n) is 4.95. The lowest BCUT2D eigenvalue weighted by atomic mass is 9.82. The summed E-state index contributed by atoms with van der Waals surface area (Å²) in [7, 11) is 2.24. The molecule has 1 N–H and O–H groups in total. The van der Waals surface area contributed by atoms with Crippen molar-refractivity contribution in [1.82, 2.24) is 9.88 Å². The Labute approximate surface area is 124 Å². The van der Waals surface area contributed by atoms with Crippen molar-refractivity contribution >= 4 is 11.5 Å². The Balaban J connectivity index is 1.70. The fraction of sp³-hybridized carbons (Fsp3) is 0.667. The van der Waals surface area contributed by atoms with E-state index in [-0.39, 0.29) is 10.6 Å². The molecule has 2 aliphatic rings. The van der Waals surface area contributed by atoms with Crippen molar-refractivity contribution in [2.24, 2.45) is 0 Å². The first-order valence-corrected chi connectivity index (χ1v) is 7.65. The van der Waals surface area contributed by atoms with Gasteiger partial charge >= 0.3 is 0 Å². The van der Waals surface area contributed by atoms with E-state index >= 15 is 0 Å². The van der Waals surface area contributed by atoms with Crippen LogP contribution in [0.5, 0.6) is 0 Å². The Morgan fingerprint density at radius 1 is 1.33 bits per heavy atom. The topological polar surface area (TPSA) is 71.3 Å². The number of fused-ring (bicyclic) bond motifs is 2. The van der Waals surface area contributed by atoms with Crippen LogP contribution in [-0.2, 0) is 0 Å². The van der Waals surface area contributed by atoms with Gasteiger partial charge in [-0.15, -0.1) is 0 Å². The van der Waals surface area contributed by atoms with Crippen LogP contribution in [-0.4, -0.2) is 40.0 Å². The molecule has 0 aromatic carbocycles. The molecule has 2 bridgehead atoms. The molecular formula is C15H22N4O2. The van der Waals surface area contributed by atoms with Gasteiger partial charge in [0.15, 0.2) is 0 Å². The molecule has 2 atom stereocenters. The zero-order valence-corrected chi connectivity index (χ0v) is 12.6. The molecule has 0 saturated carbocycles. The maximum atomic E-state index is 10.8. The van der Waals surface area contributed by atoms with Gasteiger partial charge in [-0.2, -0.15) is 0 Å². The highest BCUT2D eigenvalue weighted by molar-refractivity contribution is 5.45. The molecule has 0 amide bonds. The van der Waals surface area contributed by atoms with Crippen LogP contribution in [0.25, 0.3) is 0 Å². The predicted octanol–water partition coefficient (Wildman–Crippen LogP) is 2.73. The largest absolute Gasteiger partial charge is 0.367 e. The van der Waals surface area contributed by atoms with Crippen molar-refractivity contribution in [3.05, 3.63) is 27.9 Å². The molecule has 3 heterocycles. The Bertz CT molecular complexity index is 534. The zero-order chi connectivity index (χ0) is 15.0. The maximum Gasteiger partial charge on any atom is 0.290 e. The fourth-order valence-electron chi connectivity index (χ4n) is 3.77. The van der Waals surface area contributed by atoms with E-state index in [1.807, 2.05) is 0 Å². The van der Waals surface area contributed by atoms with E-state index in [9.17, 15) is 10.1 Å². The quantitative estimate of drug-likeness (QED) is 0.684. The molecule has 0 spiro atoms. The minimum Gasteiger partial charge on any atom is -0.367 e. The first kappa shape index (κ1) is 14.3. The fourth-order valence-corrected chi connectivity index (χ4v) is 3.77. The van der Waals surface area contributed by atoms with E-state index < -0.39 is 0 Å². The van der Waals surface area contributed by atoms with Crippen molar-refractivity contribution in [2.75, 3.05) is 12.4 Å². The molecular weight excluding hydrogens is 268 g/mol. The number of nitro groups is 1. The van der Waals surface area contributed by atoms with Crippen molar-refractivity contribution in [3.63, 3.8) is 0 Å². The van der Waals surface area contributed by atoms with Crippen LogP contribution >= 0.6 is 0 Å². The summed E-state index contributed by atoms with van der Waals surface area (Å²) in [6.07, 6.45) is 6.15. The summed E-state index contributed by atoms with van der Waals surface area (Å²) in [6.45, 7) is 1.69. The van der Waals surface area contributed by atoms with Gasteiger partial charge in [-0.25, -0.2) is 4.98 Å². The number of pyridine rings is 1. The van der Waals surface area contributed by atoms with E-state index in [2.05, 4.69) is 22.2 Å². The molecule has 21 heavy (non-hydrogen) atoms. The van der Waals surface area contributed by atoms with E-state index in [4.69, 9.17) is 0 Å². The van der Waals surface area contributed by atoms with Crippen LogP contribution in [0.15, 0.2) is 12.1 Å². The van der Waals surface area contributed by atoms with Gasteiger partial charge in [-0.05, 0) is 45.7 Å². The molecule has 0 radical (unpaired) electrons. The number of nitrogens with one attached hydrogen (secondary N) is 1. The van der Waals surface area contributed by atoms with Crippen LogP contribution in [0.1, 0.15) is 37.8 Å². The highest BCUT2D eigenvalue weighted by atomic mass is 16.6. The molecule has 114 valence electrons. The van der Waals surface area contributed by atoms with E-state index in [0.717, 1.165) is 18.7 Å². The van der Waals surface area contributed by atoms with Crippen LogP contribution in [0.2, 0.25) is 0 Å². The number of aromatic nitrogens is 1. The van der Waals surface area contributed by atoms with Gasteiger partial charge in [0, 0.05) is 24.2 Å². The summed E-state index contributed by atoms with van der Waals surface area (Å²) < 4.78 is 0. The normalized spacial score (nSPS) is 29.1. The number of aryl methyl sites for hydroxylation is 1. The van der Waals surface area contributed by atoms with E-state index in [1.54, 1.807) is 19.1 Å². The minimum atomic E-state index is -0.383. The van der Waals surface area contributed by atoms with Crippen LogP contribution < -0.4 is 5.32 Å². The van der Waals surface area contributed by atoms with Gasteiger partial charge in [0.25, 0.3) is 5.69 Å². The first-order valence-electron chi connectivity index (χ1n) is 7.65. The maximum absolute atomic E-state index is 10.8. The number of rotatable bonds is 3. The highest BCUT2D eigenvalue weighted by Gasteiger charge is 2.36. The lowest BCUT2D eigenvalue weighted by molar-refractivity contribution is -0.385. The second-order valence-corrected chi connectivity index (χ2v) is 6.27. The Morgan fingerprint density at radius 2 is 2.00 bits per heavy atom. The monoisotopic (exact) mass is 290 g/mol. The Hall–Kier alpha value is -1.69. The molecule has 1 aromatic heterocycles. The first-order chi connectivity index (χ1) is 10.0. The molecule has 2 saturated heterocycles. The summed E-state index contributed by atoms with van der Waals surface area (Å²) in [5.41, 5.74) is 0.555. The van der Waals surface area contributed by atoms with Crippen LogP contribution in [0.4, 0.5) is 11.5 Å². The molecule has 0 aliphatic carbocycles. The number of anilines is 1. The summed E-state index contributed by atoms with van der Waals surface area (Å²) in [4.78, 5) is 17.3. The molecule has 1 aromatic rings. The number of hydrogen-bond acceptors (Lipinski definition) is 5. The third-order valence-corrected chi connectivity index (χ3v) is 4.95. The summed E-state index contributed by atoms with van der Waals surface area (Å²) in [6, 6.07) is 5.01. The van der Waals surface area contributed by atoms with Gasteiger partial charge in [-0.3, -0.25) is 10.1 Å². The third kappa shape index (κ3) is 2.85. The highest BCUT2D eigenvalue weighted by Crippen LogP contribution is 2.33. The number of piperidine rings is 2. The zero-order valence-electron chi connectivity index (χ0n) is 12.6. The summed E-state index contributed by atoms with van der Waals surface area (Å²) >= 11 is 0. The SMILES string of the molecule is Cc1nc(NC2CC3CCCC(C2)N3C)ccc1[N+](=O)[O-]. The second-order valence-electron chi connectivity index (χ2n) is 6.27. The molecule has 2 unspecified atom stereocenters. The average Bonchev–Trinajstić information content (AvgIpc) is 2.39.